The summed E-state index contributed by atoms with van der Waals surface area (Å²) in [6.45, 7) is 13.7. The molecule has 0 fully saturated rings. The Morgan fingerprint density at radius 3 is 1.58 bits per heavy atom. The predicted octanol–water partition coefficient (Wildman–Crippen LogP) is 15.6. The largest absolute Gasteiger partial charge is 0.310 e. The molecular weight excluding hydrogens is 691 g/mol. The topological polar surface area (TPSA) is 50.8 Å². The Bertz CT molecular complexity index is 2230. The highest BCUT2D eigenvalue weighted by atomic mass is 15.2. The van der Waals surface area contributed by atoms with Gasteiger partial charge in [0.05, 0.1) is 34.6 Å². The van der Waals surface area contributed by atoms with Crippen LogP contribution in [0.5, 0.6) is 0 Å². The molecule has 0 unspecified atom stereocenters. The van der Waals surface area contributed by atoms with E-state index in [9.17, 15) is 10.5 Å². The maximum absolute atomic E-state index is 10.8. The van der Waals surface area contributed by atoms with Gasteiger partial charge in [-0.2, -0.15) is 10.5 Å². The third-order valence-corrected chi connectivity index (χ3v) is 13.2. The van der Waals surface area contributed by atoms with Crippen LogP contribution < -0.4 is 4.90 Å². The normalized spacial score (nSPS) is 14.3. The van der Waals surface area contributed by atoms with Crippen molar-refractivity contribution in [1.29, 1.82) is 10.5 Å². The highest BCUT2D eigenvalue weighted by Crippen LogP contribution is 2.60. The van der Waals surface area contributed by atoms with Crippen molar-refractivity contribution in [3.8, 4) is 34.4 Å². The number of unbranched alkanes of at least 4 members (excludes halogenated alkanes) is 10. The lowest BCUT2D eigenvalue weighted by Gasteiger charge is -2.43. The second-order valence-electron chi connectivity index (χ2n) is 17.5. The average Bonchev–Trinajstić information content (AvgIpc) is 3.49. The van der Waals surface area contributed by atoms with Crippen molar-refractivity contribution in [3.05, 3.63) is 136 Å². The van der Waals surface area contributed by atoms with Crippen LogP contribution >= 0.6 is 0 Å². The SMILES string of the molecule is CCCCCCCCC1(CCCCCCCC)c2ccccc2-c2cc(N3c4ccc(C)cc4C(C)(C)c4cc(C)ccc43)cc(-c3c(C#N)cccc3C#N)c21. The van der Waals surface area contributed by atoms with E-state index in [-0.39, 0.29) is 10.8 Å². The summed E-state index contributed by atoms with van der Waals surface area (Å²) >= 11 is 0. The molecule has 0 amide bonds. The molecule has 57 heavy (non-hydrogen) atoms. The minimum atomic E-state index is -0.224. The maximum atomic E-state index is 10.8. The molecule has 1 aliphatic carbocycles. The van der Waals surface area contributed by atoms with Gasteiger partial charge in [0, 0.05) is 22.1 Å². The molecule has 0 bridgehead atoms. The Hall–Kier alpha value is -5.12. The van der Waals surface area contributed by atoms with E-state index in [1.807, 2.05) is 18.2 Å². The smallest absolute Gasteiger partial charge is 0.0998 e. The van der Waals surface area contributed by atoms with Crippen LogP contribution in [0.15, 0.2) is 91.0 Å². The van der Waals surface area contributed by atoms with E-state index >= 15 is 0 Å². The van der Waals surface area contributed by atoms with Gasteiger partial charge in [-0.25, -0.2) is 0 Å². The highest BCUT2D eigenvalue weighted by molar-refractivity contribution is 5.97. The van der Waals surface area contributed by atoms with Crippen molar-refractivity contribution in [3.63, 3.8) is 0 Å². The Morgan fingerprint density at radius 2 is 1.04 bits per heavy atom. The van der Waals surface area contributed by atoms with Crippen molar-refractivity contribution in [2.75, 3.05) is 4.90 Å². The first-order valence-corrected chi connectivity index (χ1v) is 21.9. The molecule has 3 heteroatoms. The fourth-order valence-electron chi connectivity index (χ4n) is 10.3. The number of benzene rings is 5. The summed E-state index contributed by atoms with van der Waals surface area (Å²) in [5.74, 6) is 0. The predicted molar refractivity (Wildman–Crippen MR) is 240 cm³/mol. The quantitative estimate of drug-likeness (QED) is 0.0943. The van der Waals surface area contributed by atoms with Gasteiger partial charge in [0.2, 0.25) is 0 Å². The molecule has 7 rings (SSSR count). The zero-order valence-electron chi connectivity index (χ0n) is 35.4. The molecule has 0 spiro atoms. The third-order valence-electron chi connectivity index (χ3n) is 13.2. The van der Waals surface area contributed by atoms with Gasteiger partial charge < -0.3 is 4.90 Å². The third kappa shape index (κ3) is 7.43. The summed E-state index contributed by atoms with van der Waals surface area (Å²) < 4.78 is 0. The number of hydrogen-bond donors (Lipinski definition) is 0. The van der Waals surface area contributed by atoms with E-state index in [1.165, 1.54) is 120 Å². The molecule has 0 saturated heterocycles. The molecule has 0 N–H and O–H groups in total. The number of rotatable bonds is 16. The van der Waals surface area contributed by atoms with Gasteiger partial charge in [0.15, 0.2) is 0 Å². The lowest BCUT2D eigenvalue weighted by Crippen LogP contribution is -2.31. The Labute approximate surface area is 343 Å². The van der Waals surface area contributed by atoms with Gasteiger partial charge in [-0.15, -0.1) is 0 Å². The van der Waals surface area contributed by atoms with Crippen LogP contribution in [0.1, 0.15) is 162 Å². The summed E-state index contributed by atoms with van der Waals surface area (Å²) in [5, 5.41) is 21.5. The molecule has 2 aliphatic rings. The van der Waals surface area contributed by atoms with Crippen molar-refractivity contribution >= 4 is 17.1 Å². The summed E-state index contributed by atoms with van der Waals surface area (Å²) in [7, 11) is 0. The minimum Gasteiger partial charge on any atom is -0.310 e. The first-order valence-electron chi connectivity index (χ1n) is 21.9. The molecule has 3 nitrogen and oxygen atoms in total. The van der Waals surface area contributed by atoms with Gasteiger partial charge in [-0.05, 0) is 102 Å². The summed E-state index contributed by atoms with van der Waals surface area (Å²) in [6.07, 6.45) is 17.1. The molecule has 5 aromatic carbocycles. The van der Waals surface area contributed by atoms with Gasteiger partial charge in [0.1, 0.15) is 0 Å². The Kier molecular flexibility index (Phi) is 12.1. The number of anilines is 3. The van der Waals surface area contributed by atoms with Gasteiger partial charge >= 0.3 is 0 Å². The fraction of sp³-hybridized carbons (Fsp3) is 0.407. The van der Waals surface area contributed by atoms with E-state index in [0.717, 1.165) is 42.5 Å². The van der Waals surface area contributed by atoms with E-state index in [1.54, 1.807) is 0 Å². The van der Waals surface area contributed by atoms with E-state index in [0.29, 0.717) is 11.1 Å². The molecule has 0 radical (unpaired) electrons. The monoisotopic (exact) mass is 751 g/mol. The average molecular weight is 752 g/mol. The standard InChI is InChI=1S/C54H61N3/c1-7-9-11-13-15-19-30-54(31-20-16-14-12-10-8-2)46-25-18-17-24-43(46)44-34-42(35-45(52(44)54)51-40(36-55)22-21-23-41(51)37-56)57-49-28-26-38(3)32-47(49)53(5,6)48-33-39(4)27-29-50(48)57/h17-18,21-29,32-35H,7-16,19-20,30-31H2,1-6H3. The maximum Gasteiger partial charge on any atom is 0.0998 e. The lowest BCUT2D eigenvalue weighted by atomic mass is 9.68. The van der Waals surface area contributed by atoms with Crippen LogP contribution in [-0.2, 0) is 10.8 Å². The van der Waals surface area contributed by atoms with Gasteiger partial charge in [-0.3, -0.25) is 0 Å². The number of nitriles is 2. The Morgan fingerprint density at radius 1 is 0.526 bits per heavy atom. The minimum absolute atomic E-state index is 0.198. The van der Waals surface area contributed by atoms with Crippen molar-refractivity contribution in [1.82, 2.24) is 0 Å². The zero-order chi connectivity index (χ0) is 40.2. The number of nitrogens with zero attached hydrogens (tertiary/aromatic N) is 3. The van der Waals surface area contributed by atoms with E-state index in [2.05, 4.69) is 131 Å². The van der Waals surface area contributed by atoms with Crippen LogP contribution in [0.2, 0.25) is 0 Å². The summed E-state index contributed by atoms with van der Waals surface area (Å²) in [6, 6.07) is 38.5. The molecule has 0 atom stereocenters. The van der Waals surface area contributed by atoms with Crippen LogP contribution in [0, 0.1) is 36.5 Å². The van der Waals surface area contributed by atoms with Crippen molar-refractivity contribution in [2.24, 2.45) is 0 Å². The van der Waals surface area contributed by atoms with Crippen LogP contribution in [-0.4, -0.2) is 0 Å². The van der Waals surface area contributed by atoms with Crippen molar-refractivity contribution < 1.29 is 0 Å². The number of fused-ring (bicyclic) bond motifs is 5. The number of aryl methyl sites for hydroxylation is 2. The van der Waals surface area contributed by atoms with E-state index in [4.69, 9.17) is 0 Å². The van der Waals surface area contributed by atoms with Crippen molar-refractivity contribution in [2.45, 2.75) is 142 Å². The summed E-state index contributed by atoms with van der Waals surface area (Å²) in [4.78, 5) is 2.46. The van der Waals surface area contributed by atoms with E-state index < -0.39 is 0 Å². The molecule has 292 valence electrons. The number of hydrogen-bond acceptors (Lipinski definition) is 3. The first kappa shape index (κ1) is 40.1. The zero-order valence-corrected chi connectivity index (χ0v) is 35.4. The first-order chi connectivity index (χ1) is 27.7. The van der Waals surface area contributed by atoms with Gasteiger partial charge in [0.25, 0.3) is 0 Å². The Balaban J connectivity index is 1.52. The molecule has 5 aromatic rings. The second kappa shape index (κ2) is 17.2. The van der Waals surface area contributed by atoms with Gasteiger partial charge in [-0.1, -0.05) is 170 Å². The summed E-state index contributed by atoms with van der Waals surface area (Å²) in [5.41, 5.74) is 16.3. The molecule has 1 aliphatic heterocycles. The molecular formula is C54H61N3. The van der Waals surface area contributed by atoms with Crippen LogP contribution in [0.25, 0.3) is 22.3 Å². The highest BCUT2D eigenvalue weighted by Gasteiger charge is 2.46. The second-order valence-corrected chi connectivity index (χ2v) is 17.5. The lowest BCUT2D eigenvalue weighted by molar-refractivity contribution is 0.398. The molecule has 0 saturated carbocycles. The van der Waals surface area contributed by atoms with Crippen LogP contribution in [0.4, 0.5) is 17.1 Å². The molecule has 0 aromatic heterocycles. The fourth-order valence-corrected chi connectivity index (χ4v) is 10.3. The molecule has 1 heterocycles. The van der Waals surface area contributed by atoms with Crippen LogP contribution in [0.3, 0.4) is 0 Å².